The number of nitrogens with one attached hydrogen (secondary N) is 1. The van der Waals surface area contributed by atoms with Gasteiger partial charge in [0.1, 0.15) is 11.5 Å². The molecule has 1 heterocycles. The zero-order valence-electron chi connectivity index (χ0n) is 11.6. The van der Waals surface area contributed by atoms with Crippen molar-refractivity contribution in [2.24, 2.45) is 5.92 Å². The molecule has 6 nitrogen and oxygen atoms in total. The quantitative estimate of drug-likeness (QED) is 0.639. The minimum atomic E-state index is -0.444. The van der Waals surface area contributed by atoms with Gasteiger partial charge in [-0.3, -0.25) is 10.1 Å². The van der Waals surface area contributed by atoms with Crippen molar-refractivity contribution in [2.75, 3.05) is 26.8 Å². The first-order chi connectivity index (χ1) is 9.69. The maximum atomic E-state index is 10.8. The van der Waals surface area contributed by atoms with Crippen LogP contribution >= 0.6 is 0 Å². The van der Waals surface area contributed by atoms with Crippen molar-refractivity contribution in [3.8, 4) is 11.5 Å². The number of hydrogen-bond donors (Lipinski definition) is 1. The highest BCUT2D eigenvalue weighted by Crippen LogP contribution is 2.27. The van der Waals surface area contributed by atoms with Crippen LogP contribution in [0.3, 0.4) is 0 Å². The van der Waals surface area contributed by atoms with Crippen LogP contribution in [0.15, 0.2) is 18.2 Å². The third-order valence-corrected chi connectivity index (χ3v) is 3.51. The van der Waals surface area contributed by atoms with Crippen molar-refractivity contribution in [1.82, 2.24) is 5.32 Å². The number of nitro groups is 1. The maximum absolute atomic E-state index is 10.8. The number of ether oxygens (including phenoxy) is 2. The number of rotatable bonds is 6. The molecule has 0 amide bonds. The van der Waals surface area contributed by atoms with E-state index in [4.69, 9.17) is 9.47 Å². The zero-order valence-corrected chi connectivity index (χ0v) is 11.6. The summed E-state index contributed by atoms with van der Waals surface area (Å²) in [4.78, 5) is 10.4. The first-order valence-electron chi connectivity index (χ1n) is 6.86. The van der Waals surface area contributed by atoms with Crippen LogP contribution in [0.4, 0.5) is 5.69 Å². The fourth-order valence-electron chi connectivity index (χ4n) is 2.38. The van der Waals surface area contributed by atoms with Gasteiger partial charge in [0.2, 0.25) is 0 Å². The van der Waals surface area contributed by atoms with Crippen molar-refractivity contribution < 1.29 is 14.4 Å². The first kappa shape index (κ1) is 14.6. The molecular weight excluding hydrogens is 260 g/mol. The third-order valence-electron chi connectivity index (χ3n) is 3.51. The lowest BCUT2D eigenvalue weighted by Gasteiger charge is -2.22. The molecule has 0 aliphatic carbocycles. The molecule has 0 saturated carbocycles. The number of benzene rings is 1. The minimum absolute atomic E-state index is 0.0151. The summed E-state index contributed by atoms with van der Waals surface area (Å²) < 4.78 is 10.7. The second kappa shape index (κ2) is 7.09. The van der Waals surface area contributed by atoms with Gasteiger partial charge in [-0.05, 0) is 38.3 Å². The Bertz CT molecular complexity index is 458. The molecule has 1 N–H and O–H groups in total. The van der Waals surface area contributed by atoms with Crippen LogP contribution in [-0.4, -0.2) is 31.7 Å². The highest BCUT2D eigenvalue weighted by molar-refractivity contribution is 5.45. The van der Waals surface area contributed by atoms with Gasteiger partial charge in [0.05, 0.1) is 30.8 Å². The summed E-state index contributed by atoms with van der Waals surface area (Å²) in [6.45, 7) is 2.69. The summed E-state index contributed by atoms with van der Waals surface area (Å²) in [5.41, 5.74) is -0.0151. The predicted molar refractivity (Wildman–Crippen MR) is 75.4 cm³/mol. The number of nitro benzene ring substituents is 1. The van der Waals surface area contributed by atoms with Crippen LogP contribution in [0.25, 0.3) is 0 Å². The van der Waals surface area contributed by atoms with Crippen molar-refractivity contribution in [3.05, 3.63) is 28.3 Å². The van der Waals surface area contributed by atoms with Gasteiger partial charge in [0, 0.05) is 6.07 Å². The van der Waals surface area contributed by atoms with E-state index < -0.39 is 4.92 Å². The van der Waals surface area contributed by atoms with Crippen molar-refractivity contribution >= 4 is 5.69 Å². The summed E-state index contributed by atoms with van der Waals surface area (Å²) in [6.07, 6.45) is 3.38. The molecule has 6 heteroatoms. The predicted octanol–water partition coefficient (Wildman–Crippen LogP) is 2.37. The lowest BCUT2D eigenvalue weighted by atomic mass is 9.97. The molecule has 0 aromatic heterocycles. The van der Waals surface area contributed by atoms with Gasteiger partial charge in [0.25, 0.3) is 5.69 Å². The molecule has 1 atom stereocenters. The van der Waals surface area contributed by atoms with Crippen LogP contribution < -0.4 is 14.8 Å². The average Bonchev–Trinajstić information content (AvgIpc) is 2.48. The number of non-ortho nitro benzene ring substituents is 1. The molecule has 1 saturated heterocycles. The minimum Gasteiger partial charge on any atom is -0.496 e. The van der Waals surface area contributed by atoms with E-state index in [-0.39, 0.29) is 5.69 Å². The maximum Gasteiger partial charge on any atom is 0.276 e. The van der Waals surface area contributed by atoms with E-state index in [0.717, 1.165) is 19.5 Å². The summed E-state index contributed by atoms with van der Waals surface area (Å²) in [6, 6.07) is 4.49. The molecule has 1 fully saturated rings. The summed E-state index contributed by atoms with van der Waals surface area (Å²) >= 11 is 0. The lowest BCUT2D eigenvalue weighted by molar-refractivity contribution is -0.385. The lowest BCUT2D eigenvalue weighted by Crippen LogP contribution is -2.30. The van der Waals surface area contributed by atoms with Gasteiger partial charge in [-0.25, -0.2) is 0 Å². The highest BCUT2D eigenvalue weighted by atomic mass is 16.6. The SMILES string of the molecule is COc1cc(OCCC2CCCNC2)cc([N+](=O)[O-])c1. The Labute approximate surface area is 118 Å². The molecule has 1 aromatic rings. The summed E-state index contributed by atoms with van der Waals surface area (Å²) in [7, 11) is 1.48. The van der Waals surface area contributed by atoms with Crippen molar-refractivity contribution in [2.45, 2.75) is 19.3 Å². The van der Waals surface area contributed by atoms with E-state index in [2.05, 4.69) is 5.32 Å². The van der Waals surface area contributed by atoms with E-state index in [1.54, 1.807) is 6.07 Å². The fraction of sp³-hybridized carbons (Fsp3) is 0.571. The standard InChI is InChI=1S/C14H20N2O4/c1-19-13-7-12(16(17)18)8-14(9-13)20-6-4-11-3-2-5-15-10-11/h7-9,11,15H,2-6,10H2,1H3. The van der Waals surface area contributed by atoms with Crippen LogP contribution in [0.2, 0.25) is 0 Å². The molecule has 1 unspecified atom stereocenters. The Morgan fingerprint density at radius 2 is 2.20 bits per heavy atom. The molecule has 1 aliphatic heterocycles. The Morgan fingerprint density at radius 1 is 1.40 bits per heavy atom. The molecule has 0 radical (unpaired) electrons. The number of hydrogen-bond acceptors (Lipinski definition) is 5. The Kier molecular flexibility index (Phi) is 5.17. The number of piperidine rings is 1. The molecule has 1 aromatic carbocycles. The molecule has 1 aliphatic rings. The van der Waals surface area contributed by atoms with Gasteiger partial charge < -0.3 is 14.8 Å². The molecule has 20 heavy (non-hydrogen) atoms. The molecular formula is C14H20N2O4. The van der Waals surface area contributed by atoms with E-state index in [0.29, 0.717) is 24.0 Å². The van der Waals surface area contributed by atoms with Gasteiger partial charge in [0.15, 0.2) is 0 Å². The summed E-state index contributed by atoms with van der Waals surface area (Å²) in [5.74, 6) is 1.55. The largest absolute Gasteiger partial charge is 0.496 e. The second-order valence-electron chi connectivity index (χ2n) is 4.97. The first-order valence-corrected chi connectivity index (χ1v) is 6.86. The van der Waals surface area contributed by atoms with Crippen LogP contribution in [0, 0.1) is 16.0 Å². The van der Waals surface area contributed by atoms with Crippen molar-refractivity contribution in [1.29, 1.82) is 0 Å². The van der Waals surface area contributed by atoms with Gasteiger partial charge >= 0.3 is 0 Å². The van der Waals surface area contributed by atoms with Gasteiger partial charge in [-0.2, -0.15) is 0 Å². The van der Waals surface area contributed by atoms with Gasteiger partial charge in [-0.1, -0.05) is 0 Å². The van der Waals surface area contributed by atoms with E-state index in [1.807, 2.05) is 0 Å². The third kappa shape index (κ3) is 4.09. The molecule has 0 spiro atoms. The van der Waals surface area contributed by atoms with Gasteiger partial charge in [-0.15, -0.1) is 0 Å². The normalized spacial score (nSPS) is 18.6. The van der Waals surface area contributed by atoms with E-state index >= 15 is 0 Å². The number of nitrogens with zero attached hydrogens (tertiary/aromatic N) is 1. The smallest absolute Gasteiger partial charge is 0.276 e. The molecule has 0 bridgehead atoms. The fourth-order valence-corrected chi connectivity index (χ4v) is 2.38. The monoisotopic (exact) mass is 280 g/mol. The topological polar surface area (TPSA) is 73.6 Å². The van der Waals surface area contributed by atoms with Crippen LogP contribution in [0.1, 0.15) is 19.3 Å². The van der Waals surface area contributed by atoms with E-state index in [1.165, 1.54) is 32.1 Å². The van der Waals surface area contributed by atoms with Crippen molar-refractivity contribution in [3.63, 3.8) is 0 Å². The van der Waals surface area contributed by atoms with Crippen LogP contribution in [-0.2, 0) is 0 Å². The highest BCUT2D eigenvalue weighted by Gasteiger charge is 2.14. The Hall–Kier alpha value is -1.82. The second-order valence-corrected chi connectivity index (χ2v) is 4.97. The van der Waals surface area contributed by atoms with Crippen LogP contribution in [0.5, 0.6) is 11.5 Å². The molecule has 110 valence electrons. The number of methoxy groups -OCH3 is 1. The summed E-state index contributed by atoms with van der Waals surface area (Å²) in [5, 5.41) is 14.2. The molecule has 2 rings (SSSR count). The Balaban J connectivity index is 1.91. The van der Waals surface area contributed by atoms with E-state index in [9.17, 15) is 10.1 Å². The zero-order chi connectivity index (χ0) is 14.4. The Morgan fingerprint density at radius 3 is 2.85 bits per heavy atom. The average molecular weight is 280 g/mol.